The number of nitrogens with zero attached hydrogens (tertiary/aromatic N) is 1. The van der Waals surface area contributed by atoms with Crippen molar-refractivity contribution in [1.29, 1.82) is 0 Å². The molecule has 0 aromatic heterocycles. The van der Waals surface area contributed by atoms with Crippen LogP contribution in [0, 0.1) is 0 Å². The van der Waals surface area contributed by atoms with Crippen LogP contribution in [0.1, 0.15) is 0 Å². The Labute approximate surface area is 89.0 Å². The smallest absolute Gasteiger partial charge is 0.186 e. The Morgan fingerprint density at radius 2 is 1.73 bits per heavy atom. The van der Waals surface area contributed by atoms with Gasteiger partial charge in [0.1, 0.15) is 24.4 Å². The highest BCUT2D eigenvalue weighted by molar-refractivity contribution is 4.89. The van der Waals surface area contributed by atoms with Gasteiger partial charge in [-0.1, -0.05) is 0 Å². The number of likely N-dealkylation sites (N-methyl/N-ethyl adjacent to an activating group) is 1. The van der Waals surface area contributed by atoms with E-state index in [2.05, 4.69) is 0 Å². The Morgan fingerprint density at radius 3 is 2.20 bits per heavy atom. The summed E-state index contributed by atoms with van der Waals surface area (Å²) in [4.78, 5) is 1.82. The lowest BCUT2D eigenvalue weighted by Crippen LogP contribution is -2.60. The standard InChI is InChI=1S/C9H19NO5/c1-10(2)4-5-6(11)7(12)8(13)9(14-3)15-5/h5-9,11-13H,4H2,1-3H3/t5-,6-,7+,8-,9+/m1/s1. The number of aliphatic hydroxyl groups is 3. The number of ether oxygens (including phenoxy) is 2. The molecule has 0 spiro atoms. The van der Waals surface area contributed by atoms with Gasteiger partial charge in [0.2, 0.25) is 0 Å². The van der Waals surface area contributed by atoms with Crippen LogP contribution in [0.25, 0.3) is 0 Å². The predicted molar refractivity (Wildman–Crippen MR) is 52.2 cm³/mol. The van der Waals surface area contributed by atoms with Crippen molar-refractivity contribution in [2.45, 2.75) is 30.7 Å². The fourth-order valence-electron chi connectivity index (χ4n) is 1.62. The fraction of sp³-hybridized carbons (Fsp3) is 1.00. The third-order valence-corrected chi connectivity index (χ3v) is 2.45. The molecule has 6 nitrogen and oxygen atoms in total. The maximum absolute atomic E-state index is 9.65. The van der Waals surface area contributed by atoms with Gasteiger partial charge in [-0.25, -0.2) is 0 Å². The van der Waals surface area contributed by atoms with Gasteiger partial charge in [0.25, 0.3) is 0 Å². The first-order valence-corrected chi connectivity index (χ1v) is 4.84. The summed E-state index contributed by atoms with van der Waals surface area (Å²) in [7, 11) is 5.04. The van der Waals surface area contributed by atoms with Crippen molar-refractivity contribution >= 4 is 0 Å². The van der Waals surface area contributed by atoms with Crippen LogP contribution in [0.5, 0.6) is 0 Å². The third-order valence-electron chi connectivity index (χ3n) is 2.45. The van der Waals surface area contributed by atoms with Crippen molar-refractivity contribution in [1.82, 2.24) is 4.90 Å². The van der Waals surface area contributed by atoms with Crippen molar-refractivity contribution < 1.29 is 24.8 Å². The van der Waals surface area contributed by atoms with Gasteiger partial charge < -0.3 is 29.7 Å². The van der Waals surface area contributed by atoms with Crippen LogP contribution >= 0.6 is 0 Å². The minimum atomic E-state index is -1.24. The van der Waals surface area contributed by atoms with Crippen molar-refractivity contribution in [3.8, 4) is 0 Å². The van der Waals surface area contributed by atoms with Gasteiger partial charge in [0.05, 0.1) is 0 Å². The van der Waals surface area contributed by atoms with E-state index in [1.807, 2.05) is 19.0 Å². The van der Waals surface area contributed by atoms with Crippen molar-refractivity contribution in [3.63, 3.8) is 0 Å². The number of hydrogen-bond acceptors (Lipinski definition) is 6. The van der Waals surface area contributed by atoms with Crippen LogP contribution < -0.4 is 0 Å². The molecule has 0 radical (unpaired) electrons. The Bertz CT molecular complexity index is 199. The lowest BCUT2D eigenvalue weighted by atomic mass is 9.99. The molecular formula is C9H19NO5. The zero-order valence-electron chi connectivity index (χ0n) is 9.20. The van der Waals surface area contributed by atoms with Crippen molar-refractivity contribution in [2.75, 3.05) is 27.7 Å². The minimum Gasteiger partial charge on any atom is -0.388 e. The van der Waals surface area contributed by atoms with E-state index in [0.717, 1.165) is 0 Å². The zero-order valence-corrected chi connectivity index (χ0v) is 9.20. The molecule has 0 unspecified atom stereocenters. The van der Waals surface area contributed by atoms with E-state index in [1.165, 1.54) is 7.11 Å². The predicted octanol–water partition coefficient (Wildman–Crippen LogP) is -2.00. The SMILES string of the molecule is CO[C@H]1O[C@H](CN(C)C)[C@@H](O)[C@H](O)[C@H]1O. The average molecular weight is 221 g/mol. The first kappa shape index (κ1) is 12.8. The summed E-state index contributed by atoms with van der Waals surface area (Å²) in [6.45, 7) is 0.449. The second kappa shape index (κ2) is 5.20. The van der Waals surface area contributed by atoms with E-state index in [1.54, 1.807) is 0 Å². The summed E-state index contributed by atoms with van der Waals surface area (Å²) in [5, 5.41) is 28.7. The second-order valence-electron chi connectivity index (χ2n) is 4.01. The highest BCUT2D eigenvalue weighted by atomic mass is 16.7. The van der Waals surface area contributed by atoms with Crippen LogP contribution in [0.3, 0.4) is 0 Å². The molecule has 90 valence electrons. The Hall–Kier alpha value is -0.240. The molecule has 1 aliphatic rings. The number of rotatable bonds is 3. The number of aliphatic hydroxyl groups excluding tert-OH is 3. The van der Waals surface area contributed by atoms with Crippen LogP contribution in [0.4, 0.5) is 0 Å². The van der Waals surface area contributed by atoms with Gasteiger partial charge in [0, 0.05) is 13.7 Å². The molecule has 0 aliphatic carbocycles. The second-order valence-corrected chi connectivity index (χ2v) is 4.01. The molecule has 0 bridgehead atoms. The van der Waals surface area contributed by atoms with E-state index in [9.17, 15) is 15.3 Å². The topological polar surface area (TPSA) is 82.4 Å². The Morgan fingerprint density at radius 1 is 1.13 bits per heavy atom. The van der Waals surface area contributed by atoms with Gasteiger partial charge in [-0.05, 0) is 14.1 Å². The average Bonchev–Trinajstić information content (AvgIpc) is 2.18. The number of hydrogen-bond donors (Lipinski definition) is 3. The van der Waals surface area contributed by atoms with E-state index >= 15 is 0 Å². The summed E-state index contributed by atoms with van der Waals surface area (Å²) in [5.41, 5.74) is 0. The maximum Gasteiger partial charge on any atom is 0.186 e. The largest absolute Gasteiger partial charge is 0.388 e. The number of methoxy groups -OCH3 is 1. The normalized spacial score (nSPS) is 42.2. The summed E-state index contributed by atoms with van der Waals surface area (Å²) in [6.07, 6.45) is -5.03. The lowest BCUT2D eigenvalue weighted by Gasteiger charge is -2.40. The monoisotopic (exact) mass is 221 g/mol. The fourth-order valence-corrected chi connectivity index (χ4v) is 1.62. The van der Waals surface area contributed by atoms with Crippen LogP contribution in [-0.4, -0.2) is 78.7 Å². The zero-order chi connectivity index (χ0) is 11.6. The lowest BCUT2D eigenvalue weighted by molar-refractivity contribution is -0.290. The van der Waals surface area contributed by atoms with Crippen LogP contribution in [0.15, 0.2) is 0 Å². The molecule has 0 aromatic carbocycles. The van der Waals surface area contributed by atoms with Gasteiger partial charge in [-0.2, -0.15) is 0 Å². The van der Waals surface area contributed by atoms with Crippen LogP contribution in [-0.2, 0) is 9.47 Å². The first-order valence-electron chi connectivity index (χ1n) is 4.84. The minimum absolute atomic E-state index is 0.449. The van der Waals surface area contributed by atoms with Gasteiger partial charge >= 0.3 is 0 Å². The Kier molecular flexibility index (Phi) is 4.45. The first-order chi connectivity index (χ1) is 6.97. The third kappa shape index (κ3) is 2.87. The molecule has 3 N–H and O–H groups in total. The van der Waals surface area contributed by atoms with Gasteiger partial charge in [0.15, 0.2) is 6.29 Å². The molecule has 6 heteroatoms. The molecule has 0 amide bonds. The summed E-state index contributed by atoms with van der Waals surface area (Å²) >= 11 is 0. The van der Waals surface area contributed by atoms with E-state index in [-0.39, 0.29) is 0 Å². The molecule has 0 saturated carbocycles. The quantitative estimate of drug-likeness (QED) is 0.511. The summed E-state index contributed by atoms with van der Waals surface area (Å²) in [5.74, 6) is 0. The molecule has 1 fully saturated rings. The molecule has 1 rings (SSSR count). The van der Waals surface area contributed by atoms with Gasteiger partial charge in [-0.3, -0.25) is 0 Å². The Balaban J connectivity index is 2.65. The van der Waals surface area contributed by atoms with E-state index in [4.69, 9.17) is 9.47 Å². The van der Waals surface area contributed by atoms with Crippen molar-refractivity contribution in [3.05, 3.63) is 0 Å². The van der Waals surface area contributed by atoms with E-state index < -0.39 is 30.7 Å². The molecule has 5 atom stereocenters. The maximum atomic E-state index is 9.65. The molecule has 1 heterocycles. The molecular weight excluding hydrogens is 202 g/mol. The molecule has 1 aliphatic heterocycles. The van der Waals surface area contributed by atoms with E-state index in [0.29, 0.717) is 6.54 Å². The van der Waals surface area contributed by atoms with Gasteiger partial charge in [-0.15, -0.1) is 0 Å². The summed E-state index contributed by atoms with van der Waals surface area (Å²) < 4.78 is 10.2. The molecule has 15 heavy (non-hydrogen) atoms. The highest BCUT2D eigenvalue weighted by Crippen LogP contribution is 2.21. The highest BCUT2D eigenvalue weighted by Gasteiger charge is 2.43. The van der Waals surface area contributed by atoms with Crippen LogP contribution in [0.2, 0.25) is 0 Å². The van der Waals surface area contributed by atoms with Crippen molar-refractivity contribution in [2.24, 2.45) is 0 Å². The summed E-state index contributed by atoms with van der Waals surface area (Å²) in [6, 6.07) is 0. The molecule has 0 aromatic rings. The molecule has 1 saturated heterocycles.